The lowest BCUT2D eigenvalue weighted by molar-refractivity contribution is 0.0692. The van der Waals surface area contributed by atoms with Gasteiger partial charge in [-0.25, -0.2) is 17.9 Å². The van der Waals surface area contributed by atoms with E-state index < -0.39 is 16.0 Å². The van der Waals surface area contributed by atoms with Crippen LogP contribution in [0.4, 0.5) is 5.69 Å². The van der Waals surface area contributed by atoms with E-state index in [-0.39, 0.29) is 28.1 Å². The predicted octanol–water partition coefficient (Wildman–Crippen LogP) is 0.670. The molecule has 0 aromatic heterocycles. The number of carboxylic acids is 1. The number of benzene rings is 1. The van der Waals surface area contributed by atoms with E-state index in [4.69, 9.17) is 15.6 Å². The Hall–Kier alpha value is -1.64. The van der Waals surface area contributed by atoms with Gasteiger partial charge in [0.2, 0.25) is 10.0 Å². The lowest BCUT2D eigenvalue weighted by atomic mass is 10.0. The van der Waals surface area contributed by atoms with Crippen molar-refractivity contribution < 1.29 is 23.1 Å². The maximum absolute atomic E-state index is 12.4. The Morgan fingerprint density at radius 2 is 2.24 bits per heavy atom. The number of hydrogen-bond acceptors (Lipinski definition) is 5. The van der Waals surface area contributed by atoms with Crippen molar-refractivity contribution in [1.82, 2.24) is 4.72 Å². The zero-order valence-corrected chi connectivity index (χ0v) is 12.4. The first kappa shape index (κ1) is 15.7. The van der Waals surface area contributed by atoms with Crippen LogP contribution in [0.5, 0.6) is 0 Å². The molecule has 0 amide bonds. The molecule has 2 rings (SSSR count). The van der Waals surface area contributed by atoms with Crippen LogP contribution in [0.1, 0.15) is 23.7 Å². The van der Waals surface area contributed by atoms with Gasteiger partial charge in [0, 0.05) is 24.3 Å². The number of anilines is 1. The molecule has 2 atom stereocenters. The van der Waals surface area contributed by atoms with Crippen molar-refractivity contribution in [2.75, 3.05) is 18.9 Å². The summed E-state index contributed by atoms with van der Waals surface area (Å²) >= 11 is 0. The Bertz CT molecular complexity index is 638. The van der Waals surface area contributed by atoms with Crippen LogP contribution in [0.3, 0.4) is 0 Å². The zero-order valence-electron chi connectivity index (χ0n) is 11.6. The molecular weight excluding hydrogens is 296 g/mol. The summed E-state index contributed by atoms with van der Waals surface area (Å²) in [4.78, 5) is 10.8. The molecule has 0 aliphatic carbocycles. The van der Waals surface area contributed by atoms with E-state index in [1.807, 2.05) is 0 Å². The molecule has 116 valence electrons. The molecule has 1 fully saturated rings. The van der Waals surface area contributed by atoms with E-state index >= 15 is 0 Å². The smallest absolute Gasteiger partial charge is 0.337 e. The first-order valence-corrected chi connectivity index (χ1v) is 8.02. The lowest BCUT2D eigenvalue weighted by Crippen LogP contribution is -2.38. The highest BCUT2D eigenvalue weighted by Gasteiger charge is 2.29. The highest BCUT2D eigenvalue weighted by molar-refractivity contribution is 7.89. The number of nitrogen functional groups attached to an aromatic ring is 1. The van der Waals surface area contributed by atoms with E-state index in [2.05, 4.69) is 4.72 Å². The molecule has 0 saturated carbocycles. The van der Waals surface area contributed by atoms with Crippen molar-refractivity contribution in [1.29, 1.82) is 0 Å². The van der Waals surface area contributed by atoms with Crippen LogP contribution in [0, 0.1) is 5.92 Å². The minimum Gasteiger partial charge on any atom is -0.478 e. The molecule has 21 heavy (non-hydrogen) atoms. The fourth-order valence-corrected chi connectivity index (χ4v) is 3.83. The molecule has 0 bridgehead atoms. The van der Waals surface area contributed by atoms with Crippen LogP contribution in [-0.2, 0) is 14.8 Å². The number of aromatic carboxylic acids is 1. The third kappa shape index (κ3) is 3.52. The monoisotopic (exact) mass is 314 g/mol. The number of rotatable bonds is 5. The fourth-order valence-electron chi connectivity index (χ4n) is 2.29. The number of carboxylic acid groups (broad SMARTS) is 1. The average molecular weight is 314 g/mol. The van der Waals surface area contributed by atoms with Gasteiger partial charge in [-0.2, -0.15) is 0 Å². The topological polar surface area (TPSA) is 119 Å². The lowest BCUT2D eigenvalue weighted by Gasteiger charge is -2.20. The third-order valence-electron chi connectivity index (χ3n) is 3.54. The second-order valence-electron chi connectivity index (χ2n) is 5.09. The van der Waals surface area contributed by atoms with Gasteiger partial charge < -0.3 is 15.6 Å². The summed E-state index contributed by atoms with van der Waals surface area (Å²) in [5, 5.41) is 9.11. The molecule has 1 heterocycles. The van der Waals surface area contributed by atoms with Gasteiger partial charge in [0.15, 0.2) is 0 Å². The molecular formula is C13H18N2O5S. The maximum atomic E-state index is 12.4. The summed E-state index contributed by atoms with van der Waals surface area (Å²) < 4.78 is 32.6. The first-order chi connectivity index (χ1) is 9.81. The van der Waals surface area contributed by atoms with Crippen LogP contribution >= 0.6 is 0 Å². The van der Waals surface area contributed by atoms with E-state index in [1.54, 1.807) is 6.92 Å². The molecule has 1 saturated heterocycles. The minimum atomic E-state index is -3.96. The Kier molecular flexibility index (Phi) is 4.50. The molecule has 8 heteroatoms. The minimum absolute atomic E-state index is 0.0779. The van der Waals surface area contributed by atoms with Gasteiger partial charge in [-0.1, -0.05) is 0 Å². The van der Waals surface area contributed by atoms with Crippen molar-refractivity contribution in [3.05, 3.63) is 23.8 Å². The SMILES string of the molecule is CC(NS(=O)(=O)c1cc(N)ccc1C(=O)O)C1CCOC1. The summed E-state index contributed by atoms with van der Waals surface area (Å²) in [6.07, 6.45) is 0.770. The molecule has 2 unspecified atom stereocenters. The van der Waals surface area contributed by atoms with E-state index in [1.165, 1.54) is 12.1 Å². The summed E-state index contributed by atoms with van der Waals surface area (Å²) in [6, 6.07) is 3.36. The molecule has 1 aliphatic heterocycles. The summed E-state index contributed by atoms with van der Waals surface area (Å²) in [5.74, 6) is -1.23. The normalized spacial score (nSPS) is 20.3. The fraction of sp³-hybridized carbons (Fsp3) is 0.462. The molecule has 1 aliphatic rings. The quantitative estimate of drug-likeness (QED) is 0.687. The third-order valence-corrected chi connectivity index (χ3v) is 5.14. The van der Waals surface area contributed by atoms with Crippen molar-refractivity contribution in [3.63, 3.8) is 0 Å². The Morgan fingerprint density at radius 3 is 2.81 bits per heavy atom. The highest BCUT2D eigenvalue weighted by Crippen LogP contribution is 2.22. The Labute approximate surface area is 123 Å². The van der Waals surface area contributed by atoms with Gasteiger partial charge in [-0.05, 0) is 31.5 Å². The summed E-state index contributed by atoms with van der Waals surface area (Å²) in [7, 11) is -3.96. The van der Waals surface area contributed by atoms with Gasteiger partial charge in [-0.15, -0.1) is 0 Å². The van der Waals surface area contributed by atoms with E-state index in [0.717, 1.165) is 12.5 Å². The van der Waals surface area contributed by atoms with Crippen molar-refractivity contribution in [3.8, 4) is 0 Å². The van der Waals surface area contributed by atoms with Crippen LogP contribution in [0.15, 0.2) is 23.1 Å². The number of carbonyl (C=O) groups is 1. The predicted molar refractivity (Wildman–Crippen MR) is 76.5 cm³/mol. The van der Waals surface area contributed by atoms with Crippen molar-refractivity contribution in [2.45, 2.75) is 24.3 Å². The van der Waals surface area contributed by atoms with Crippen molar-refractivity contribution in [2.24, 2.45) is 5.92 Å². The maximum Gasteiger partial charge on any atom is 0.337 e. The number of nitrogens with one attached hydrogen (secondary N) is 1. The number of hydrogen-bond donors (Lipinski definition) is 3. The molecule has 7 nitrogen and oxygen atoms in total. The molecule has 0 radical (unpaired) electrons. The van der Waals surface area contributed by atoms with Crippen LogP contribution in [-0.4, -0.2) is 38.7 Å². The molecule has 1 aromatic carbocycles. The Morgan fingerprint density at radius 1 is 1.52 bits per heavy atom. The molecule has 4 N–H and O–H groups in total. The molecule has 0 spiro atoms. The number of ether oxygens (including phenoxy) is 1. The van der Waals surface area contributed by atoms with Gasteiger partial charge in [0.05, 0.1) is 17.1 Å². The Balaban J connectivity index is 2.30. The first-order valence-electron chi connectivity index (χ1n) is 6.54. The second kappa shape index (κ2) is 6.00. The standard InChI is InChI=1S/C13H18N2O5S/c1-8(9-4-5-20-7-9)15-21(18,19)12-6-10(14)2-3-11(12)13(16)17/h2-3,6,8-9,15H,4-5,7,14H2,1H3,(H,16,17). The van der Waals surface area contributed by atoms with Gasteiger partial charge >= 0.3 is 5.97 Å². The average Bonchev–Trinajstić information content (AvgIpc) is 2.91. The number of sulfonamides is 1. The van der Waals surface area contributed by atoms with Crippen molar-refractivity contribution >= 4 is 21.7 Å². The van der Waals surface area contributed by atoms with Gasteiger partial charge in [0.1, 0.15) is 0 Å². The molecule has 1 aromatic rings. The summed E-state index contributed by atoms with van der Waals surface area (Å²) in [6.45, 7) is 2.84. The number of nitrogens with two attached hydrogens (primary N) is 1. The highest BCUT2D eigenvalue weighted by atomic mass is 32.2. The van der Waals surface area contributed by atoms with Crippen LogP contribution < -0.4 is 10.5 Å². The van der Waals surface area contributed by atoms with Gasteiger partial charge in [0.25, 0.3) is 0 Å². The van der Waals surface area contributed by atoms with E-state index in [0.29, 0.717) is 13.2 Å². The van der Waals surface area contributed by atoms with Crippen LogP contribution in [0.25, 0.3) is 0 Å². The summed E-state index contributed by atoms with van der Waals surface area (Å²) in [5.41, 5.74) is 5.46. The van der Waals surface area contributed by atoms with E-state index in [9.17, 15) is 13.2 Å². The van der Waals surface area contributed by atoms with Crippen LogP contribution in [0.2, 0.25) is 0 Å². The second-order valence-corrected chi connectivity index (χ2v) is 6.78. The zero-order chi connectivity index (χ0) is 15.6. The van der Waals surface area contributed by atoms with Gasteiger partial charge in [-0.3, -0.25) is 0 Å². The largest absolute Gasteiger partial charge is 0.478 e.